The van der Waals surface area contributed by atoms with Crippen molar-refractivity contribution in [3.8, 4) is 11.4 Å². The summed E-state index contributed by atoms with van der Waals surface area (Å²) in [6.07, 6.45) is 1.64. The first-order valence-electron chi connectivity index (χ1n) is 9.34. The third kappa shape index (κ3) is 5.56. The molecule has 0 aliphatic carbocycles. The van der Waals surface area contributed by atoms with Crippen molar-refractivity contribution in [1.82, 2.24) is 20.8 Å². The van der Waals surface area contributed by atoms with Crippen LogP contribution in [0.4, 0.5) is 0 Å². The summed E-state index contributed by atoms with van der Waals surface area (Å²) < 4.78 is 5.27. The van der Waals surface area contributed by atoms with Crippen LogP contribution in [0.3, 0.4) is 0 Å². The molecule has 0 radical (unpaired) electrons. The predicted octanol–water partition coefficient (Wildman–Crippen LogP) is 4.05. The molecule has 1 aliphatic rings. The summed E-state index contributed by atoms with van der Waals surface area (Å²) >= 11 is 5.89. The Kier molecular flexibility index (Phi) is 7.25. The normalized spacial score (nSPS) is 12.3. The Morgan fingerprint density at radius 2 is 1.93 bits per heavy atom. The summed E-state index contributed by atoms with van der Waals surface area (Å²) in [6, 6.07) is 13.6. The number of rotatable bonds is 7. The number of halogens is 2. The lowest BCUT2D eigenvalue weighted by molar-refractivity contribution is -0.121. The molecule has 2 N–H and O–H groups in total. The van der Waals surface area contributed by atoms with Crippen LogP contribution in [0.1, 0.15) is 35.4 Å². The fraction of sp³-hybridized carbons (Fsp3) is 0.286. The van der Waals surface area contributed by atoms with Crippen molar-refractivity contribution >= 4 is 29.9 Å². The van der Waals surface area contributed by atoms with Gasteiger partial charge in [0.05, 0.1) is 0 Å². The molecule has 0 unspecified atom stereocenters. The van der Waals surface area contributed by atoms with Crippen molar-refractivity contribution in [2.75, 3.05) is 0 Å². The minimum atomic E-state index is 0. The van der Waals surface area contributed by atoms with Crippen LogP contribution in [0, 0.1) is 0 Å². The van der Waals surface area contributed by atoms with Crippen molar-refractivity contribution in [3.63, 3.8) is 0 Å². The number of carbonyl (C=O) groups is 1. The largest absolute Gasteiger partial charge is 0.352 e. The quantitative estimate of drug-likeness (QED) is 0.588. The zero-order valence-electron chi connectivity index (χ0n) is 15.8. The topological polar surface area (TPSA) is 80.0 Å². The highest BCUT2D eigenvalue weighted by Gasteiger charge is 2.11. The number of aromatic nitrogens is 2. The number of hydrogen-bond acceptors (Lipinski definition) is 5. The van der Waals surface area contributed by atoms with E-state index in [9.17, 15) is 4.79 Å². The van der Waals surface area contributed by atoms with E-state index in [4.69, 9.17) is 16.1 Å². The Labute approximate surface area is 180 Å². The second kappa shape index (κ2) is 9.87. The van der Waals surface area contributed by atoms with E-state index in [0.717, 1.165) is 24.2 Å². The molecule has 2 heterocycles. The third-order valence-corrected chi connectivity index (χ3v) is 5.01. The van der Waals surface area contributed by atoms with E-state index >= 15 is 0 Å². The van der Waals surface area contributed by atoms with Crippen molar-refractivity contribution in [2.45, 2.75) is 38.9 Å². The number of carbonyl (C=O) groups excluding carboxylic acids is 1. The minimum Gasteiger partial charge on any atom is -0.352 e. The number of amides is 1. The molecule has 0 fully saturated rings. The molecule has 1 amide bonds. The van der Waals surface area contributed by atoms with Crippen LogP contribution in [0.25, 0.3) is 11.4 Å². The van der Waals surface area contributed by atoms with Crippen molar-refractivity contribution in [1.29, 1.82) is 0 Å². The maximum absolute atomic E-state index is 12.1. The molecule has 1 aromatic heterocycles. The highest BCUT2D eigenvalue weighted by Crippen LogP contribution is 2.19. The molecular weight excluding hydrogens is 411 g/mol. The van der Waals surface area contributed by atoms with E-state index in [1.54, 1.807) is 12.1 Å². The molecule has 152 valence electrons. The number of fused-ring (bicyclic) bond motifs is 1. The van der Waals surface area contributed by atoms with Gasteiger partial charge in [-0.3, -0.25) is 4.79 Å². The molecule has 0 spiro atoms. The fourth-order valence-corrected chi connectivity index (χ4v) is 3.35. The Balaban J connectivity index is 0.00000240. The van der Waals surface area contributed by atoms with Gasteiger partial charge in [0.2, 0.25) is 17.6 Å². The van der Waals surface area contributed by atoms with E-state index in [0.29, 0.717) is 42.5 Å². The molecule has 0 saturated carbocycles. The number of hydrogen-bond donors (Lipinski definition) is 2. The van der Waals surface area contributed by atoms with Gasteiger partial charge < -0.3 is 15.2 Å². The number of nitrogens with zero attached hydrogens (tertiary/aromatic N) is 2. The van der Waals surface area contributed by atoms with Crippen LogP contribution in [0.5, 0.6) is 0 Å². The van der Waals surface area contributed by atoms with Crippen LogP contribution in [0.2, 0.25) is 5.02 Å². The van der Waals surface area contributed by atoms with E-state index in [-0.39, 0.29) is 18.3 Å². The van der Waals surface area contributed by atoms with Crippen LogP contribution < -0.4 is 10.6 Å². The van der Waals surface area contributed by atoms with E-state index < -0.39 is 0 Å². The third-order valence-electron chi connectivity index (χ3n) is 4.76. The summed E-state index contributed by atoms with van der Waals surface area (Å²) in [5.41, 5.74) is 4.63. The first-order chi connectivity index (χ1) is 13.7. The number of benzene rings is 2. The molecule has 4 rings (SSSR count). The summed E-state index contributed by atoms with van der Waals surface area (Å²) in [4.78, 5) is 16.5. The number of nitrogens with one attached hydrogen (secondary N) is 2. The van der Waals surface area contributed by atoms with Gasteiger partial charge >= 0.3 is 0 Å². The lowest BCUT2D eigenvalue weighted by atomic mass is 10.1. The Hall–Kier alpha value is -2.41. The molecule has 6 nitrogen and oxygen atoms in total. The molecule has 1 aliphatic heterocycles. The second-order valence-corrected chi connectivity index (χ2v) is 7.29. The Morgan fingerprint density at radius 3 is 2.76 bits per heavy atom. The van der Waals surface area contributed by atoms with Gasteiger partial charge in [-0.25, -0.2) is 0 Å². The van der Waals surface area contributed by atoms with Gasteiger partial charge in [-0.2, -0.15) is 4.98 Å². The minimum absolute atomic E-state index is 0. The molecule has 29 heavy (non-hydrogen) atoms. The molecule has 0 atom stereocenters. The molecule has 0 bridgehead atoms. The highest BCUT2D eigenvalue weighted by atomic mass is 35.5. The highest BCUT2D eigenvalue weighted by molar-refractivity contribution is 6.30. The predicted molar refractivity (Wildman–Crippen MR) is 114 cm³/mol. The Morgan fingerprint density at radius 1 is 1.14 bits per heavy atom. The monoisotopic (exact) mass is 432 g/mol. The fourth-order valence-electron chi connectivity index (χ4n) is 3.22. The van der Waals surface area contributed by atoms with E-state index in [1.165, 1.54) is 11.1 Å². The van der Waals surface area contributed by atoms with Crippen molar-refractivity contribution in [3.05, 3.63) is 70.1 Å². The summed E-state index contributed by atoms with van der Waals surface area (Å²) in [5.74, 6) is 1.09. The lowest BCUT2D eigenvalue weighted by Crippen LogP contribution is -2.22. The van der Waals surface area contributed by atoms with Gasteiger partial charge in [-0.1, -0.05) is 35.0 Å². The van der Waals surface area contributed by atoms with Gasteiger partial charge in [0.15, 0.2) is 0 Å². The van der Waals surface area contributed by atoms with Gasteiger partial charge in [-0.05, 0) is 47.4 Å². The van der Waals surface area contributed by atoms with Gasteiger partial charge in [-0.15, -0.1) is 12.4 Å². The van der Waals surface area contributed by atoms with Gasteiger partial charge in [0.25, 0.3) is 0 Å². The van der Waals surface area contributed by atoms with E-state index in [2.05, 4.69) is 39.0 Å². The molecule has 3 aromatic rings. The maximum Gasteiger partial charge on any atom is 0.226 e. The summed E-state index contributed by atoms with van der Waals surface area (Å²) in [5, 5.41) is 10.9. The maximum atomic E-state index is 12.1. The van der Waals surface area contributed by atoms with Crippen molar-refractivity contribution in [2.24, 2.45) is 0 Å². The smallest absolute Gasteiger partial charge is 0.226 e. The summed E-state index contributed by atoms with van der Waals surface area (Å²) in [6.45, 7) is 2.38. The SMILES string of the molecule is Cl.O=C(CCCc1nc(-c2ccc(Cl)cc2)no1)NCc1ccc2c(c1)CNC2. The van der Waals surface area contributed by atoms with Crippen LogP contribution in [-0.2, 0) is 30.8 Å². The van der Waals surface area contributed by atoms with Crippen LogP contribution in [-0.4, -0.2) is 16.0 Å². The van der Waals surface area contributed by atoms with Crippen molar-refractivity contribution < 1.29 is 9.32 Å². The first kappa shape index (κ1) is 21.3. The standard InChI is InChI=1S/C21H21ClN4O2.ClH/c22-18-8-6-15(7-9-18)21-25-20(28-26-21)3-1-2-19(27)24-11-14-4-5-16-12-23-13-17(16)10-14;/h4-10,23H,1-3,11-13H2,(H,24,27);1H. The molecule has 2 aromatic carbocycles. The molecule has 8 heteroatoms. The van der Waals surface area contributed by atoms with Crippen LogP contribution >= 0.6 is 24.0 Å². The zero-order valence-corrected chi connectivity index (χ0v) is 17.4. The average molecular weight is 433 g/mol. The average Bonchev–Trinajstić information content (AvgIpc) is 3.36. The second-order valence-electron chi connectivity index (χ2n) is 6.86. The lowest BCUT2D eigenvalue weighted by Gasteiger charge is -2.06. The van der Waals surface area contributed by atoms with Crippen LogP contribution in [0.15, 0.2) is 47.0 Å². The molecular formula is C21H22Cl2N4O2. The zero-order chi connectivity index (χ0) is 19.3. The van der Waals surface area contributed by atoms with Gasteiger partial charge in [0, 0.05) is 43.1 Å². The Bertz CT molecular complexity index is 973. The first-order valence-corrected chi connectivity index (χ1v) is 9.72. The molecule has 0 saturated heterocycles. The van der Waals surface area contributed by atoms with Gasteiger partial charge in [0.1, 0.15) is 0 Å². The number of aryl methyl sites for hydroxylation is 1. The summed E-state index contributed by atoms with van der Waals surface area (Å²) in [7, 11) is 0. The van der Waals surface area contributed by atoms with E-state index in [1.807, 2.05) is 12.1 Å².